The first-order chi connectivity index (χ1) is 9.13. The molecular weight excluding hydrogens is 248 g/mol. The van der Waals surface area contributed by atoms with Crippen LogP contribution in [0.1, 0.15) is 21.9 Å². The molecular formula is C13H20N2O4. The minimum Gasteiger partial charge on any atom is -0.465 e. The Balaban J connectivity index is 2.01. The van der Waals surface area contributed by atoms with Crippen LogP contribution in [-0.4, -0.2) is 50.3 Å². The molecule has 0 aromatic carbocycles. The molecule has 1 aliphatic heterocycles. The zero-order valence-corrected chi connectivity index (χ0v) is 11.3. The number of ether oxygens (including phenoxy) is 2. The fraction of sp³-hybridized carbons (Fsp3) is 0.615. The van der Waals surface area contributed by atoms with Gasteiger partial charge in [0.15, 0.2) is 0 Å². The molecule has 0 saturated carbocycles. The highest BCUT2D eigenvalue weighted by Crippen LogP contribution is 2.18. The molecule has 0 aliphatic carbocycles. The highest BCUT2D eigenvalue weighted by molar-refractivity contribution is 5.90. The standard InChI is InChI=1S/C13H20N2O4/c1-9-12(13(16)17-2)5-10(19-9)7-15-3-4-18-11(6-14)8-15/h5,11H,3-4,6-8,14H2,1-2H3. The summed E-state index contributed by atoms with van der Waals surface area (Å²) < 4.78 is 15.8. The average molecular weight is 268 g/mol. The lowest BCUT2D eigenvalue weighted by molar-refractivity contribution is -0.0279. The van der Waals surface area contributed by atoms with Gasteiger partial charge in [-0.3, -0.25) is 4.90 Å². The second-order valence-electron chi connectivity index (χ2n) is 4.64. The van der Waals surface area contributed by atoms with E-state index in [0.29, 0.717) is 31.0 Å². The van der Waals surface area contributed by atoms with Gasteiger partial charge in [0.2, 0.25) is 0 Å². The molecule has 0 spiro atoms. The minimum atomic E-state index is -0.366. The number of morpholine rings is 1. The SMILES string of the molecule is COC(=O)c1cc(CN2CCOC(CN)C2)oc1C. The molecule has 1 fully saturated rings. The fourth-order valence-corrected chi connectivity index (χ4v) is 2.22. The van der Waals surface area contributed by atoms with Crippen molar-refractivity contribution in [3.63, 3.8) is 0 Å². The van der Waals surface area contributed by atoms with Crippen molar-refractivity contribution in [1.29, 1.82) is 0 Å². The summed E-state index contributed by atoms with van der Waals surface area (Å²) in [5.41, 5.74) is 6.10. The first kappa shape index (κ1) is 14.0. The largest absolute Gasteiger partial charge is 0.465 e. The summed E-state index contributed by atoms with van der Waals surface area (Å²) >= 11 is 0. The Morgan fingerprint density at radius 1 is 1.63 bits per heavy atom. The van der Waals surface area contributed by atoms with Crippen molar-refractivity contribution in [1.82, 2.24) is 4.90 Å². The predicted molar refractivity (Wildman–Crippen MR) is 68.9 cm³/mol. The summed E-state index contributed by atoms with van der Waals surface area (Å²) in [6, 6.07) is 1.74. The van der Waals surface area contributed by atoms with Crippen LogP contribution >= 0.6 is 0 Å². The van der Waals surface area contributed by atoms with Crippen LogP contribution in [0.3, 0.4) is 0 Å². The molecule has 2 rings (SSSR count). The molecule has 0 radical (unpaired) electrons. The normalized spacial score (nSPS) is 20.5. The molecule has 6 heteroatoms. The van der Waals surface area contributed by atoms with E-state index in [2.05, 4.69) is 4.90 Å². The molecule has 1 aromatic rings. The van der Waals surface area contributed by atoms with Gasteiger partial charge in [-0.25, -0.2) is 4.79 Å². The number of carbonyl (C=O) groups excluding carboxylic acids is 1. The third-order valence-electron chi connectivity index (χ3n) is 3.24. The molecule has 2 N–H and O–H groups in total. The summed E-state index contributed by atoms with van der Waals surface area (Å²) in [6.07, 6.45) is 0.0740. The Labute approximate surface area is 112 Å². The number of aryl methyl sites for hydroxylation is 1. The molecule has 1 aliphatic rings. The Morgan fingerprint density at radius 3 is 3.11 bits per heavy atom. The van der Waals surface area contributed by atoms with Crippen LogP contribution in [0, 0.1) is 6.92 Å². The molecule has 1 aromatic heterocycles. The van der Waals surface area contributed by atoms with E-state index >= 15 is 0 Å². The number of nitrogens with two attached hydrogens (primary N) is 1. The number of furan rings is 1. The third kappa shape index (κ3) is 3.34. The van der Waals surface area contributed by atoms with Crippen LogP contribution in [0.25, 0.3) is 0 Å². The Bertz CT molecular complexity index is 444. The minimum absolute atomic E-state index is 0.0740. The van der Waals surface area contributed by atoms with E-state index in [4.69, 9.17) is 19.6 Å². The predicted octanol–water partition coefficient (Wildman–Crippen LogP) is 0.534. The van der Waals surface area contributed by atoms with Gasteiger partial charge in [-0.1, -0.05) is 0 Å². The first-order valence-corrected chi connectivity index (χ1v) is 6.35. The Kier molecular flexibility index (Phi) is 4.57. The number of carbonyl (C=O) groups is 1. The smallest absolute Gasteiger partial charge is 0.341 e. The van der Waals surface area contributed by atoms with Crippen LogP contribution in [0.5, 0.6) is 0 Å². The lowest BCUT2D eigenvalue weighted by atomic mass is 10.2. The number of rotatable bonds is 4. The van der Waals surface area contributed by atoms with E-state index < -0.39 is 0 Å². The first-order valence-electron chi connectivity index (χ1n) is 6.35. The zero-order valence-electron chi connectivity index (χ0n) is 11.3. The second kappa shape index (κ2) is 6.18. The maximum atomic E-state index is 11.5. The highest BCUT2D eigenvalue weighted by Gasteiger charge is 2.22. The third-order valence-corrected chi connectivity index (χ3v) is 3.24. The van der Waals surface area contributed by atoms with Gasteiger partial charge in [0, 0.05) is 19.6 Å². The van der Waals surface area contributed by atoms with Crippen molar-refractivity contribution in [2.75, 3.05) is 33.4 Å². The van der Waals surface area contributed by atoms with Crippen molar-refractivity contribution >= 4 is 5.97 Å². The molecule has 106 valence electrons. The topological polar surface area (TPSA) is 77.9 Å². The molecule has 1 atom stereocenters. The number of hydrogen-bond donors (Lipinski definition) is 1. The molecule has 6 nitrogen and oxygen atoms in total. The molecule has 0 bridgehead atoms. The van der Waals surface area contributed by atoms with E-state index in [0.717, 1.165) is 18.8 Å². The monoisotopic (exact) mass is 268 g/mol. The lowest BCUT2D eigenvalue weighted by Gasteiger charge is -2.31. The second-order valence-corrected chi connectivity index (χ2v) is 4.64. The summed E-state index contributed by atoms with van der Waals surface area (Å²) in [5.74, 6) is 0.982. The molecule has 0 amide bonds. The van der Waals surface area contributed by atoms with Gasteiger partial charge in [0.05, 0.1) is 26.4 Å². The van der Waals surface area contributed by atoms with Gasteiger partial charge in [0.25, 0.3) is 0 Å². The van der Waals surface area contributed by atoms with E-state index in [1.807, 2.05) is 0 Å². The average Bonchev–Trinajstić information content (AvgIpc) is 2.79. The van der Waals surface area contributed by atoms with Crippen molar-refractivity contribution < 1.29 is 18.7 Å². The van der Waals surface area contributed by atoms with Gasteiger partial charge in [-0.05, 0) is 13.0 Å². The molecule has 1 unspecified atom stereocenters. The number of hydrogen-bond acceptors (Lipinski definition) is 6. The zero-order chi connectivity index (χ0) is 13.8. The van der Waals surface area contributed by atoms with E-state index in [9.17, 15) is 4.79 Å². The molecule has 1 saturated heterocycles. The van der Waals surface area contributed by atoms with Crippen LogP contribution in [0.4, 0.5) is 0 Å². The van der Waals surface area contributed by atoms with E-state index in [1.54, 1.807) is 13.0 Å². The summed E-state index contributed by atoms with van der Waals surface area (Å²) in [7, 11) is 1.36. The molecule has 2 heterocycles. The van der Waals surface area contributed by atoms with Gasteiger partial charge in [0.1, 0.15) is 17.1 Å². The summed E-state index contributed by atoms with van der Waals surface area (Å²) in [6.45, 7) is 5.22. The maximum absolute atomic E-state index is 11.5. The number of esters is 1. The number of nitrogens with zero attached hydrogens (tertiary/aromatic N) is 1. The summed E-state index contributed by atoms with van der Waals surface area (Å²) in [4.78, 5) is 13.7. The fourth-order valence-electron chi connectivity index (χ4n) is 2.22. The lowest BCUT2D eigenvalue weighted by Crippen LogP contribution is -2.45. The quantitative estimate of drug-likeness (QED) is 0.803. The van der Waals surface area contributed by atoms with Crippen LogP contribution in [0.2, 0.25) is 0 Å². The van der Waals surface area contributed by atoms with Crippen molar-refractivity contribution in [3.8, 4) is 0 Å². The van der Waals surface area contributed by atoms with Crippen molar-refractivity contribution in [2.45, 2.75) is 19.6 Å². The molecule has 19 heavy (non-hydrogen) atoms. The van der Waals surface area contributed by atoms with Crippen molar-refractivity contribution in [2.24, 2.45) is 5.73 Å². The van der Waals surface area contributed by atoms with Crippen molar-refractivity contribution in [3.05, 3.63) is 23.2 Å². The van der Waals surface area contributed by atoms with Crippen LogP contribution in [-0.2, 0) is 16.0 Å². The Morgan fingerprint density at radius 2 is 2.42 bits per heavy atom. The maximum Gasteiger partial charge on any atom is 0.341 e. The van der Waals surface area contributed by atoms with Crippen LogP contribution in [0.15, 0.2) is 10.5 Å². The van der Waals surface area contributed by atoms with E-state index in [-0.39, 0.29) is 12.1 Å². The highest BCUT2D eigenvalue weighted by atomic mass is 16.5. The number of methoxy groups -OCH3 is 1. The Hall–Kier alpha value is -1.37. The van der Waals surface area contributed by atoms with Gasteiger partial charge < -0.3 is 19.6 Å². The summed E-state index contributed by atoms with van der Waals surface area (Å²) in [5, 5.41) is 0. The van der Waals surface area contributed by atoms with Gasteiger partial charge >= 0.3 is 5.97 Å². The van der Waals surface area contributed by atoms with Crippen LogP contribution < -0.4 is 5.73 Å². The van der Waals surface area contributed by atoms with E-state index in [1.165, 1.54) is 7.11 Å². The van der Waals surface area contributed by atoms with Gasteiger partial charge in [-0.2, -0.15) is 0 Å². The van der Waals surface area contributed by atoms with Gasteiger partial charge in [-0.15, -0.1) is 0 Å².